The SMILES string of the molecule is CCCCNC(=O)c1nnc(Cc2ccccc2)o1. The Kier molecular flexibility index (Phi) is 4.66. The minimum Gasteiger partial charge on any atom is -0.417 e. The Labute approximate surface area is 112 Å². The Hall–Kier alpha value is -2.17. The van der Waals surface area contributed by atoms with Crippen molar-refractivity contribution in [2.24, 2.45) is 0 Å². The van der Waals surface area contributed by atoms with Gasteiger partial charge in [-0.05, 0) is 12.0 Å². The molecule has 2 aromatic rings. The van der Waals surface area contributed by atoms with Crippen LogP contribution in [0.5, 0.6) is 0 Å². The highest BCUT2D eigenvalue weighted by atomic mass is 16.4. The van der Waals surface area contributed by atoms with E-state index in [1.165, 1.54) is 0 Å². The maximum Gasteiger partial charge on any atom is 0.308 e. The molecule has 1 aromatic heterocycles. The van der Waals surface area contributed by atoms with E-state index in [2.05, 4.69) is 22.4 Å². The van der Waals surface area contributed by atoms with Gasteiger partial charge in [-0.2, -0.15) is 0 Å². The van der Waals surface area contributed by atoms with Crippen molar-refractivity contribution in [2.45, 2.75) is 26.2 Å². The van der Waals surface area contributed by atoms with E-state index < -0.39 is 0 Å². The van der Waals surface area contributed by atoms with Gasteiger partial charge < -0.3 is 9.73 Å². The summed E-state index contributed by atoms with van der Waals surface area (Å²) in [6.07, 6.45) is 2.51. The summed E-state index contributed by atoms with van der Waals surface area (Å²) in [5.41, 5.74) is 1.07. The molecule has 0 atom stereocenters. The Morgan fingerprint density at radius 3 is 2.79 bits per heavy atom. The van der Waals surface area contributed by atoms with Gasteiger partial charge in [0, 0.05) is 6.54 Å². The summed E-state index contributed by atoms with van der Waals surface area (Å²) >= 11 is 0. The fourth-order valence-electron chi connectivity index (χ4n) is 1.64. The van der Waals surface area contributed by atoms with Crippen molar-refractivity contribution in [2.75, 3.05) is 6.54 Å². The fourth-order valence-corrected chi connectivity index (χ4v) is 1.64. The number of rotatable bonds is 6. The lowest BCUT2D eigenvalue weighted by Crippen LogP contribution is -2.24. The van der Waals surface area contributed by atoms with E-state index in [1.54, 1.807) is 0 Å². The van der Waals surface area contributed by atoms with E-state index in [-0.39, 0.29) is 11.8 Å². The van der Waals surface area contributed by atoms with Gasteiger partial charge in [0.25, 0.3) is 0 Å². The minimum atomic E-state index is -0.305. The van der Waals surface area contributed by atoms with Crippen LogP contribution in [0.15, 0.2) is 34.7 Å². The maximum absolute atomic E-state index is 11.7. The first-order chi connectivity index (χ1) is 9.29. The summed E-state index contributed by atoms with van der Waals surface area (Å²) in [5, 5.41) is 10.4. The molecule has 0 aliphatic heterocycles. The van der Waals surface area contributed by atoms with Gasteiger partial charge in [-0.1, -0.05) is 43.7 Å². The van der Waals surface area contributed by atoms with Crippen LogP contribution in [-0.4, -0.2) is 22.6 Å². The average Bonchev–Trinajstić information content (AvgIpc) is 2.89. The van der Waals surface area contributed by atoms with E-state index in [0.717, 1.165) is 18.4 Å². The number of hydrogen-bond acceptors (Lipinski definition) is 4. The third-order valence-electron chi connectivity index (χ3n) is 2.68. The molecule has 1 amide bonds. The smallest absolute Gasteiger partial charge is 0.308 e. The molecule has 5 nitrogen and oxygen atoms in total. The van der Waals surface area contributed by atoms with Gasteiger partial charge in [0.15, 0.2) is 0 Å². The number of aromatic nitrogens is 2. The lowest BCUT2D eigenvalue weighted by Gasteiger charge is -1.99. The second-order valence-corrected chi connectivity index (χ2v) is 4.27. The number of hydrogen-bond donors (Lipinski definition) is 1. The van der Waals surface area contributed by atoms with Crippen LogP contribution >= 0.6 is 0 Å². The zero-order valence-electron chi connectivity index (χ0n) is 10.9. The number of unbranched alkanes of at least 4 members (excludes halogenated alkanes) is 1. The predicted molar refractivity (Wildman–Crippen MR) is 70.8 cm³/mol. The van der Waals surface area contributed by atoms with E-state index in [1.807, 2.05) is 30.3 Å². The van der Waals surface area contributed by atoms with E-state index in [0.29, 0.717) is 18.9 Å². The molecule has 0 radical (unpaired) electrons. The standard InChI is InChI=1S/C14H17N3O2/c1-2-3-9-15-13(18)14-17-16-12(19-14)10-11-7-5-4-6-8-11/h4-8H,2-3,9-10H2,1H3,(H,15,18). The number of carbonyl (C=O) groups is 1. The zero-order chi connectivity index (χ0) is 13.5. The molecule has 0 unspecified atom stereocenters. The van der Waals surface area contributed by atoms with Crippen molar-refractivity contribution in [3.8, 4) is 0 Å². The van der Waals surface area contributed by atoms with Crippen LogP contribution in [-0.2, 0) is 6.42 Å². The molecule has 0 saturated carbocycles. The van der Waals surface area contributed by atoms with Gasteiger partial charge in [0.1, 0.15) is 0 Å². The quantitative estimate of drug-likeness (QED) is 0.807. The van der Waals surface area contributed by atoms with Gasteiger partial charge in [-0.15, -0.1) is 10.2 Å². The fraction of sp³-hybridized carbons (Fsp3) is 0.357. The molecule has 0 spiro atoms. The van der Waals surface area contributed by atoms with Crippen LogP contribution in [0, 0.1) is 0 Å². The molecule has 0 aliphatic rings. The molecule has 100 valence electrons. The van der Waals surface area contributed by atoms with Crippen molar-refractivity contribution < 1.29 is 9.21 Å². The molecular weight excluding hydrogens is 242 g/mol. The first kappa shape index (κ1) is 13.3. The van der Waals surface area contributed by atoms with Gasteiger partial charge in [0.05, 0.1) is 6.42 Å². The number of amides is 1. The van der Waals surface area contributed by atoms with Crippen molar-refractivity contribution in [3.05, 3.63) is 47.7 Å². The second kappa shape index (κ2) is 6.68. The highest BCUT2D eigenvalue weighted by Crippen LogP contribution is 2.08. The summed E-state index contributed by atoms with van der Waals surface area (Å²) < 4.78 is 5.35. The molecule has 0 fully saturated rings. The van der Waals surface area contributed by atoms with E-state index in [9.17, 15) is 4.79 Å². The first-order valence-electron chi connectivity index (χ1n) is 6.44. The lowest BCUT2D eigenvalue weighted by molar-refractivity contribution is 0.0917. The van der Waals surface area contributed by atoms with Crippen molar-refractivity contribution in [1.82, 2.24) is 15.5 Å². The van der Waals surface area contributed by atoms with Gasteiger partial charge in [-0.3, -0.25) is 4.79 Å². The molecule has 2 rings (SSSR count). The Morgan fingerprint density at radius 2 is 2.05 bits per heavy atom. The highest BCUT2D eigenvalue weighted by Gasteiger charge is 2.14. The molecule has 19 heavy (non-hydrogen) atoms. The Bertz CT molecular complexity index is 522. The predicted octanol–water partition coefficient (Wildman–Crippen LogP) is 2.19. The third-order valence-corrected chi connectivity index (χ3v) is 2.68. The van der Waals surface area contributed by atoms with Crippen LogP contribution in [0.2, 0.25) is 0 Å². The minimum absolute atomic E-state index is 0.0297. The Morgan fingerprint density at radius 1 is 1.26 bits per heavy atom. The maximum atomic E-state index is 11.7. The van der Waals surface area contributed by atoms with Gasteiger partial charge in [-0.25, -0.2) is 0 Å². The molecule has 1 N–H and O–H groups in total. The van der Waals surface area contributed by atoms with Crippen LogP contribution in [0.4, 0.5) is 0 Å². The summed E-state index contributed by atoms with van der Waals surface area (Å²) in [6, 6.07) is 9.80. The van der Waals surface area contributed by atoms with Crippen molar-refractivity contribution in [1.29, 1.82) is 0 Å². The van der Waals surface area contributed by atoms with Crippen LogP contribution < -0.4 is 5.32 Å². The first-order valence-corrected chi connectivity index (χ1v) is 6.44. The molecule has 0 aliphatic carbocycles. The van der Waals surface area contributed by atoms with Crippen LogP contribution in [0.25, 0.3) is 0 Å². The zero-order valence-corrected chi connectivity index (χ0v) is 10.9. The molecular formula is C14H17N3O2. The summed E-state index contributed by atoms with van der Waals surface area (Å²) in [7, 11) is 0. The molecule has 5 heteroatoms. The third kappa shape index (κ3) is 3.91. The highest BCUT2D eigenvalue weighted by molar-refractivity contribution is 5.89. The monoisotopic (exact) mass is 259 g/mol. The van der Waals surface area contributed by atoms with Crippen molar-refractivity contribution in [3.63, 3.8) is 0 Å². The van der Waals surface area contributed by atoms with E-state index >= 15 is 0 Å². The number of nitrogens with zero attached hydrogens (tertiary/aromatic N) is 2. The number of carbonyl (C=O) groups excluding carboxylic acids is 1. The summed E-state index contributed by atoms with van der Waals surface area (Å²) in [4.78, 5) is 11.7. The van der Waals surface area contributed by atoms with Crippen molar-refractivity contribution >= 4 is 5.91 Å². The molecule has 1 heterocycles. The number of benzene rings is 1. The average molecular weight is 259 g/mol. The van der Waals surface area contributed by atoms with E-state index in [4.69, 9.17) is 4.42 Å². The number of nitrogens with one attached hydrogen (secondary N) is 1. The normalized spacial score (nSPS) is 10.4. The second-order valence-electron chi connectivity index (χ2n) is 4.27. The van der Waals surface area contributed by atoms with Gasteiger partial charge >= 0.3 is 11.8 Å². The molecule has 0 bridgehead atoms. The van der Waals surface area contributed by atoms with Gasteiger partial charge in [0.2, 0.25) is 5.89 Å². The molecule has 0 saturated heterocycles. The summed E-state index contributed by atoms with van der Waals surface area (Å²) in [5.74, 6) is 0.175. The van der Waals surface area contributed by atoms with Crippen LogP contribution in [0.3, 0.4) is 0 Å². The summed E-state index contributed by atoms with van der Waals surface area (Å²) in [6.45, 7) is 2.70. The topological polar surface area (TPSA) is 68.0 Å². The largest absolute Gasteiger partial charge is 0.417 e. The van der Waals surface area contributed by atoms with Crippen LogP contribution in [0.1, 0.15) is 41.9 Å². The molecule has 1 aromatic carbocycles. The Balaban J connectivity index is 1.93. The lowest BCUT2D eigenvalue weighted by atomic mass is 10.2.